The number of rotatable bonds is 4. The molecule has 124 valence electrons. The van der Waals surface area contributed by atoms with Crippen molar-refractivity contribution in [3.63, 3.8) is 0 Å². The standard InChI is InChI=1S/C19H26N2O2/c1-5-23-12-21-17-14-9-7-6-8-13(14)10-11-15(17)16(20-21)18(22)19(2,3)4/h6-9,18,22H,5,10-12H2,1-4H3. The molecule has 0 radical (unpaired) electrons. The number of fused-ring (bicyclic) bond motifs is 3. The summed E-state index contributed by atoms with van der Waals surface area (Å²) in [6.45, 7) is 9.18. The van der Waals surface area contributed by atoms with E-state index in [0.29, 0.717) is 13.3 Å². The van der Waals surface area contributed by atoms with Crippen LogP contribution in [0.5, 0.6) is 0 Å². The lowest BCUT2D eigenvalue weighted by atomic mass is 9.82. The molecule has 1 atom stereocenters. The summed E-state index contributed by atoms with van der Waals surface area (Å²) in [6, 6.07) is 8.46. The SMILES string of the molecule is CCOCn1nc(C(O)C(C)(C)C)c2c1-c1ccccc1CC2. The Balaban J connectivity index is 2.14. The molecule has 1 aromatic carbocycles. The highest BCUT2D eigenvalue weighted by Gasteiger charge is 2.33. The molecule has 23 heavy (non-hydrogen) atoms. The molecule has 4 nitrogen and oxygen atoms in total. The maximum absolute atomic E-state index is 10.8. The molecule has 1 unspecified atom stereocenters. The lowest BCUT2D eigenvalue weighted by Gasteiger charge is -2.26. The minimum absolute atomic E-state index is 0.241. The van der Waals surface area contributed by atoms with Gasteiger partial charge in [-0.25, -0.2) is 4.68 Å². The predicted molar refractivity (Wildman–Crippen MR) is 91.1 cm³/mol. The van der Waals surface area contributed by atoms with Crippen molar-refractivity contribution in [1.29, 1.82) is 0 Å². The monoisotopic (exact) mass is 314 g/mol. The molecule has 0 spiro atoms. The number of benzene rings is 1. The van der Waals surface area contributed by atoms with E-state index < -0.39 is 6.10 Å². The average molecular weight is 314 g/mol. The molecular weight excluding hydrogens is 288 g/mol. The van der Waals surface area contributed by atoms with Gasteiger partial charge in [0, 0.05) is 17.7 Å². The molecule has 1 aromatic heterocycles. The number of hydrogen-bond acceptors (Lipinski definition) is 3. The van der Waals surface area contributed by atoms with Crippen LogP contribution in [-0.4, -0.2) is 21.5 Å². The van der Waals surface area contributed by atoms with Gasteiger partial charge >= 0.3 is 0 Å². The Bertz CT molecular complexity index is 698. The summed E-state index contributed by atoms with van der Waals surface area (Å²) in [5.74, 6) is 0. The Morgan fingerprint density at radius 2 is 2.00 bits per heavy atom. The molecule has 2 aromatic rings. The smallest absolute Gasteiger partial charge is 0.140 e. The van der Waals surface area contributed by atoms with Gasteiger partial charge in [-0.15, -0.1) is 0 Å². The van der Waals surface area contributed by atoms with E-state index in [2.05, 4.69) is 24.3 Å². The Kier molecular flexibility index (Phi) is 4.30. The molecule has 0 saturated heterocycles. The number of ether oxygens (including phenoxy) is 1. The molecule has 1 N–H and O–H groups in total. The van der Waals surface area contributed by atoms with Crippen LogP contribution < -0.4 is 0 Å². The van der Waals surface area contributed by atoms with Crippen molar-refractivity contribution in [2.75, 3.05) is 6.61 Å². The van der Waals surface area contributed by atoms with E-state index in [1.54, 1.807) is 0 Å². The van der Waals surface area contributed by atoms with Crippen molar-refractivity contribution in [1.82, 2.24) is 9.78 Å². The highest BCUT2D eigenvalue weighted by molar-refractivity contribution is 5.71. The average Bonchev–Trinajstić information content (AvgIpc) is 2.90. The van der Waals surface area contributed by atoms with E-state index in [4.69, 9.17) is 9.84 Å². The van der Waals surface area contributed by atoms with Gasteiger partial charge in [-0.05, 0) is 30.7 Å². The third-order valence-corrected chi connectivity index (χ3v) is 4.50. The van der Waals surface area contributed by atoms with Crippen LogP contribution in [0.4, 0.5) is 0 Å². The molecular formula is C19H26N2O2. The zero-order valence-electron chi connectivity index (χ0n) is 14.5. The second-order valence-electron chi connectivity index (χ2n) is 7.26. The fourth-order valence-corrected chi connectivity index (χ4v) is 3.20. The predicted octanol–water partition coefficient (Wildman–Crippen LogP) is 3.72. The van der Waals surface area contributed by atoms with E-state index in [-0.39, 0.29) is 5.41 Å². The number of aromatic nitrogens is 2. The van der Waals surface area contributed by atoms with Crippen molar-refractivity contribution in [2.45, 2.75) is 53.4 Å². The van der Waals surface area contributed by atoms with Crippen LogP contribution in [-0.2, 0) is 24.3 Å². The Morgan fingerprint density at radius 1 is 1.26 bits per heavy atom. The topological polar surface area (TPSA) is 47.3 Å². The molecule has 0 amide bonds. The van der Waals surface area contributed by atoms with Crippen LogP contribution in [0.15, 0.2) is 24.3 Å². The van der Waals surface area contributed by atoms with E-state index in [0.717, 1.165) is 24.2 Å². The maximum Gasteiger partial charge on any atom is 0.140 e. The van der Waals surface area contributed by atoms with Crippen LogP contribution in [0.1, 0.15) is 50.6 Å². The van der Waals surface area contributed by atoms with Crippen LogP contribution in [0.2, 0.25) is 0 Å². The molecule has 0 bridgehead atoms. The van der Waals surface area contributed by atoms with Crippen LogP contribution >= 0.6 is 0 Å². The van der Waals surface area contributed by atoms with E-state index >= 15 is 0 Å². The summed E-state index contributed by atoms with van der Waals surface area (Å²) in [6.07, 6.45) is 1.33. The quantitative estimate of drug-likeness (QED) is 0.935. The zero-order chi connectivity index (χ0) is 16.6. The van der Waals surface area contributed by atoms with Gasteiger partial charge in [-0.2, -0.15) is 5.10 Å². The van der Waals surface area contributed by atoms with Gasteiger partial charge in [0.2, 0.25) is 0 Å². The molecule has 0 fully saturated rings. The molecule has 0 saturated carbocycles. The first-order valence-electron chi connectivity index (χ1n) is 8.37. The van der Waals surface area contributed by atoms with Gasteiger partial charge in [0.25, 0.3) is 0 Å². The molecule has 4 heteroatoms. The number of aliphatic hydroxyl groups excluding tert-OH is 1. The Hall–Kier alpha value is -1.65. The van der Waals surface area contributed by atoms with Crippen molar-refractivity contribution in [3.05, 3.63) is 41.1 Å². The molecule has 1 aliphatic rings. The lowest BCUT2D eigenvalue weighted by molar-refractivity contribution is 0.0530. The first-order chi connectivity index (χ1) is 10.9. The van der Waals surface area contributed by atoms with Crippen molar-refractivity contribution in [2.24, 2.45) is 5.41 Å². The van der Waals surface area contributed by atoms with Crippen molar-refractivity contribution in [3.8, 4) is 11.3 Å². The first-order valence-corrected chi connectivity index (χ1v) is 8.37. The normalized spacial score (nSPS) is 15.2. The summed E-state index contributed by atoms with van der Waals surface area (Å²) in [7, 11) is 0. The first kappa shape index (κ1) is 16.2. The van der Waals surface area contributed by atoms with Crippen LogP contribution in [0.3, 0.4) is 0 Å². The summed E-state index contributed by atoms with van der Waals surface area (Å²) >= 11 is 0. The second-order valence-corrected chi connectivity index (χ2v) is 7.26. The minimum Gasteiger partial charge on any atom is -0.386 e. The molecule has 1 heterocycles. The van der Waals surface area contributed by atoms with Gasteiger partial charge in [0.05, 0.1) is 11.4 Å². The highest BCUT2D eigenvalue weighted by Crippen LogP contribution is 2.41. The van der Waals surface area contributed by atoms with Gasteiger partial charge in [-0.1, -0.05) is 45.0 Å². The summed E-state index contributed by atoms with van der Waals surface area (Å²) in [4.78, 5) is 0. The number of aliphatic hydroxyl groups is 1. The highest BCUT2D eigenvalue weighted by atomic mass is 16.5. The van der Waals surface area contributed by atoms with Crippen molar-refractivity contribution >= 4 is 0 Å². The summed E-state index contributed by atoms with van der Waals surface area (Å²) in [5, 5.41) is 15.5. The van der Waals surface area contributed by atoms with Gasteiger partial charge in [0.15, 0.2) is 0 Å². The zero-order valence-corrected chi connectivity index (χ0v) is 14.5. The summed E-state index contributed by atoms with van der Waals surface area (Å²) in [5.41, 5.74) is 5.41. The van der Waals surface area contributed by atoms with Gasteiger partial charge < -0.3 is 9.84 Å². The fourth-order valence-electron chi connectivity index (χ4n) is 3.20. The number of aryl methyl sites for hydroxylation is 1. The molecule has 0 aliphatic heterocycles. The fraction of sp³-hybridized carbons (Fsp3) is 0.526. The van der Waals surface area contributed by atoms with Crippen molar-refractivity contribution < 1.29 is 9.84 Å². The van der Waals surface area contributed by atoms with Gasteiger partial charge in [0.1, 0.15) is 12.8 Å². The number of hydrogen-bond donors (Lipinski definition) is 1. The maximum atomic E-state index is 10.8. The third kappa shape index (κ3) is 2.93. The molecule has 1 aliphatic carbocycles. The largest absolute Gasteiger partial charge is 0.386 e. The second kappa shape index (κ2) is 6.10. The van der Waals surface area contributed by atoms with Gasteiger partial charge in [-0.3, -0.25) is 0 Å². The number of nitrogens with zero attached hydrogens (tertiary/aromatic N) is 2. The Morgan fingerprint density at radius 3 is 2.70 bits per heavy atom. The van der Waals surface area contributed by atoms with Crippen LogP contribution in [0.25, 0.3) is 11.3 Å². The van der Waals surface area contributed by atoms with E-state index in [9.17, 15) is 5.11 Å². The summed E-state index contributed by atoms with van der Waals surface area (Å²) < 4.78 is 7.52. The van der Waals surface area contributed by atoms with Crippen LogP contribution in [0, 0.1) is 5.41 Å². The molecule has 3 rings (SSSR count). The van der Waals surface area contributed by atoms with E-state index in [1.165, 1.54) is 16.7 Å². The third-order valence-electron chi connectivity index (χ3n) is 4.50. The Labute approximate surface area is 138 Å². The lowest BCUT2D eigenvalue weighted by Crippen LogP contribution is -2.20. The van der Waals surface area contributed by atoms with E-state index in [1.807, 2.05) is 32.4 Å². The minimum atomic E-state index is -0.579.